The highest BCUT2D eigenvalue weighted by molar-refractivity contribution is 5.94. The number of hydrogen-bond donors (Lipinski definition) is 2. The summed E-state index contributed by atoms with van der Waals surface area (Å²) in [6.07, 6.45) is 1.63. The van der Waals surface area contributed by atoms with E-state index in [2.05, 4.69) is 10.3 Å². The van der Waals surface area contributed by atoms with Crippen molar-refractivity contribution in [2.75, 3.05) is 13.2 Å². The highest BCUT2D eigenvalue weighted by atomic mass is 16.3. The Hall–Kier alpha value is -1.42. The molecule has 0 bridgehead atoms. The van der Waals surface area contributed by atoms with Crippen molar-refractivity contribution in [2.45, 2.75) is 19.8 Å². The monoisotopic (exact) mass is 208 g/mol. The standard InChI is InChI=1S/C11H16N2O2/c1-8(2)10-7-9(3-4-12-10)11(15)13-5-6-14/h3-4,7-8,14H,5-6H2,1-2H3,(H,13,15). The lowest BCUT2D eigenvalue weighted by atomic mass is 10.1. The minimum atomic E-state index is -0.173. The molecule has 1 heterocycles. The van der Waals surface area contributed by atoms with Gasteiger partial charge >= 0.3 is 0 Å². The maximum atomic E-state index is 11.5. The van der Waals surface area contributed by atoms with E-state index >= 15 is 0 Å². The van der Waals surface area contributed by atoms with E-state index in [0.717, 1.165) is 5.69 Å². The highest BCUT2D eigenvalue weighted by Crippen LogP contribution is 2.12. The lowest BCUT2D eigenvalue weighted by Crippen LogP contribution is -2.26. The Labute approximate surface area is 89.3 Å². The van der Waals surface area contributed by atoms with Crippen molar-refractivity contribution >= 4 is 5.91 Å². The Morgan fingerprint density at radius 2 is 2.33 bits per heavy atom. The second-order valence-electron chi connectivity index (χ2n) is 3.60. The molecule has 0 atom stereocenters. The summed E-state index contributed by atoms with van der Waals surface area (Å²) >= 11 is 0. The molecule has 0 saturated carbocycles. The Kier molecular flexibility index (Phi) is 4.24. The molecule has 1 aromatic heterocycles. The van der Waals surface area contributed by atoms with Crippen molar-refractivity contribution < 1.29 is 9.90 Å². The largest absolute Gasteiger partial charge is 0.395 e. The van der Waals surface area contributed by atoms with Crippen LogP contribution in [0.3, 0.4) is 0 Å². The first-order valence-corrected chi connectivity index (χ1v) is 5.00. The molecular formula is C11H16N2O2. The van der Waals surface area contributed by atoms with Crippen LogP contribution < -0.4 is 5.32 Å². The SMILES string of the molecule is CC(C)c1cc(C(=O)NCCO)ccn1. The number of hydrogen-bond acceptors (Lipinski definition) is 3. The molecule has 0 unspecified atom stereocenters. The molecule has 1 rings (SSSR count). The third-order valence-electron chi connectivity index (χ3n) is 2.03. The third-order valence-corrected chi connectivity index (χ3v) is 2.03. The van der Waals surface area contributed by atoms with Gasteiger partial charge in [0.2, 0.25) is 0 Å². The quantitative estimate of drug-likeness (QED) is 0.773. The van der Waals surface area contributed by atoms with Gasteiger partial charge in [0.05, 0.1) is 6.61 Å². The minimum absolute atomic E-state index is 0.0478. The van der Waals surface area contributed by atoms with E-state index in [-0.39, 0.29) is 19.1 Å². The van der Waals surface area contributed by atoms with Crippen LogP contribution in [-0.4, -0.2) is 29.1 Å². The van der Waals surface area contributed by atoms with Crippen molar-refractivity contribution in [1.29, 1.82) is 0 Å². The zero-order chi connectivity index (χ0) is 11.3. The smallest absolute Gasteiger partial charge is 0.251 e. The van der Waals surface area contributed by atoms with Gasteiger partial charge in [0, 0.05) is 24.0 Å². The summed E-state index contributed by atoms with van der Waals surface area (Å²) in [5.74, 6) is 0.129. The van der Waals surface area contributed by atoms with Crippen LogP contribution in [0.15, 0.2) is 18.3 Å². The maximum Gasteiger partial charge on any atom is 0.251 e. The van der Waals surface area contributed by atoms with Crippen LogP contribution in [0.2, 0.25) is 0 Å². The average molecular weight is 208 g/mol. The van der Waals surface area contributed by atoms with E-state index in [0.29, 0.717) is 11.5 Å². The van der Waals surface area contributed by atoms with Crippen LogP contribution >= 0.6 is 0 Å². The first kappa shape index (κ1) is 11.7. The van der Waals surface area contributed by atoms with Gasteiger partial charge in [0.15, 0.2) is 0 Å². The number of nitrogens with one attached hydrogen (secondary N) is 1. The normalized spacial score (nSPS) is 10.4. The first-order chi connectivity index (χ1) is 7.15. The lowest BCUT2D eigenvalue weighted by Gasteiger charge is -2.07. The van der Waals surface area contributed by atoms with E-state index in [1.54, 1.807) is 18.3 Å². The summed E-state index contributed by atoms with van der Waals surface area (Å²) in [4.78, 5) is 15.7. The van der Waals surface area contributed by atoms with E-state index in [1.165, 1.54) is 0 Å². The van der Waals surface area contributed by atoms with Crippen LogP contribution in [-0.2, 0) is 0 Å². The number of rotatable bonds is 4. The molecule has 0 aliphatic rings. The van der Waals surface area contributed by atoms with Gasteiger partial charge in [0.1, 0.15) is 0 Å². The fourth-order valence-electron chi connectivity index (χ4n) is 1.18. The zero-order valence-corrected chi connectivity index (χ0v) is 9.03. The summed E-state index contributed by atoms with van der Waals surface area (Å²) < 4.78 is 0. The number of nitrogens with zero attached hydrogens (tertiary/aromatic N) is 1. The van der Waals surface area contributed by atoms with Gasteiger partial charge < -0.3 is 10.4 Å². The molecule has 0 aromatic carbocycles. The highest BCUT2D eigenvalue weighted by Gasteiger charge is 2.07. The number of pyridine rings is 1. The number of aliphatic hydroxyl groups is 1. The molecule has 0 aliphatic heterocycles. The Balaban J connectivity index is 2.76. The summed E-state index contributed by atoms with van der Waals surface area (Å²) in [6, 6.07) is 3.44. The number of aliphatic hydroxyl groups excluding tert-OH is 1. The van der Waals surface area contributed by atoms with E-state index in [4.69, 9.17) is 5.11 Å². The van der Waals surface area contributed by atoms with Gasteiger partial charge in [-0.2, -0.15) is 0 Å². The van der Waals surface area contributed by atoms with Crippen LogP contribution in [0, 0.1) is 0 Å². The average Bonchev–Trinajstić information content (AvgIpc) is 2.26. The fraction of sp³-hybridized carbons (Fsp3) is 0.455. The Morgan fingerprint density at radius 1 is 1.60 bits per heavy atom. The summed E-state index contributed by atoms with van der Waals surface area (Å²) in [5, 5.41) is 11.2. The molecule has 0 spiro atoms. The van der Waals surface area contributed by atoms with Crippen molar-refractivity contribution in [1.82, 2.24) is 10.3 Å². The molecule has 2 N–H and O–H groups in total. The van der Waals surface area contributed by atoms with Crippen LogP contribution in [0.5, 0.6) is 0 Å². The summed E-state index contributed by atoms with van der Waals surface area (Å²) in [6.45, 7) is 4.28. The molecule has 4 heteroatoms. The molecule has 1 aromatic rings. The second-order valence-corrected chi connectivity index (χ2v) is 3.60. The Morgan fingerprint density at radius 3 is 2.93 bits per heavy atom. The van der Waals surface area contributed by atoms with Crippen LogP contribution in [0.4, 0.5) is 0 Å². The van der Waals surface area contributed by atoms with Gasteiger partial charge in [-0.1, -0.05) is 13.8 Å². The predicted molar refractivity (Wildman–Crippen MR) is 57.7 cm³/mol. The van der Waals surface area contributed by atoms with Crippen LogP contribution in [0.25, 0.3) is 0 Å². The third kappa shape index (κ3) is 3.32. The first-order valence-electron chi connectivity index (χ1n) is 5.00. The molecule has 0 saturated heterocycles. The number of amides is 1. The van der Waals surface area contributed by atoms with E-state index < -0.39 is 0 Å². The van der Waals surface area contributed by atoms with E-state index in [9.17, 15) is 4.79 Å². The van der Waals surface area contributed by atoms with Crippen molar-refractivity contribution in [2.24, 2.45) is 0 Å². The molecule has 4 nitrogen and oxygen atoms in total. The second kappa shape index (κ2) is 5.46. The fourth-order valence-corrected chi connectivity index (χ4v) is 1.18. The van der Waals surface area contributed by atoms with E-state index in [1.807, 2.05) is 13.8 Å². The summed E-state index contributed by atoms with van der Waals surface area (Å²) in [5.41, 5.74) is 1.48. The molecular weight excluding hydrogens is 192 g/mol. The van der Waals surface area contributed by atoms with Gasteiger partial charge in [-0.15, -0.1) is 0 Å². The molecule has 0 fully saturated rings. The molecule has 0 aliphatic carbocycles. The lowest BCUT2D eigenvalue weighted by molar-refractivity contribution is 0.0944. The number of carbonyl (C=O) groups is 1. The summed E-state index contributed by atoms with van der Waals surface area (Å²) in [7, 11) is 0. The number of aromatic nitrogens is 1. The minimum Gasteiger partial charge on any atom is -0.395 e. The predicted octanol–water partition coefficient (Wildman–Crippen LogP) is 0.927. The number of carbonyl (C=O) groups excluding carboxylic acids is 1. The van der Waals surface area contributed by atoms with Gasteiger partial charge in [0.25, 0.3) is 5.91 Å². The molecule has 0 radical (unpaired) electrons. The molecule has 82 valence electrons. The van der Waals surface area contributed by atoms with Gasteiger partial charge in [-0.3, -0.25) is 9.78 Å². The topological polar surface area (TPSA) is 62.2 Å². The van der Waals surface area contributed by atoms with Gasteiger partial charge in [-0.25, -0.2) is 0 Å². The van der Waals surface area contributed by atoms with Gasteiger partial charge in [-0.05, 0) is 18.1 Å². The van der Waals surface area contributed by atoms with Crippen molar-refractivity contribution in [3.05, 3.63) is 29.6 Å². The zero-order valence-electron chi connectivity index (χ0n) is 9.03. The van der Waals surface area contributed by atoms with Crippen LogP contribution in [0.1, 0.15) is 35.8 Å². The molecule has 1 amide bonds. The van der Waals surface area contributed by atoms with Crippen molar-refractivity contribution in [3.63, 3.8) is 0 Å². The maximum absolute atomic E-state index is 11.5. The Bertz CT molecular complexity index is 337. The molecule has 15 heavy (non-hydrogen) atoms. The van der Waals surface area contributed by atoms with Crippen molar-refractivity contribution in [3.8, 4) is 0 Å².